The van der Waals surface area contributed by atoms with Crippen LogP contribution in [0.3, 0.4) is 0 Å². The van der Waals surface area contributed by atoms with Crippen LogP contribution < -0.4 is 5.56 Å². The lowest BCUT2D eigenvalue weighted by Gasteiger charge is -2.16. The second-order valence-electron chi connectivity index (χ2n) is 5.23. The molecule has 0 aliphatic carbocycles. The molecule has 1 atom stereocenters. The molecule has 0 saturated carbocycles. The summed E-state index contributed by atoms with van der Waals surface area (Å²) in [6, 6.07) is 10.4. The molecular weight excluding hydrogens is 292 g/mol. The summed E-state index contributed by atoms with van der Waals surface area (Å²) in [7, 11) is 0. The quantitative estimate of drug-likeness (QED) is 0.769. The lowest BCUT2D eigenvalue weighted by atomic mass is 10.1. The summed E-state index contributed by atoms with van der Waals surface area (Å²) in [6.45, 7) is 5.95. The minimum absolute atomic E-state index is 0.280. The number of carbonyl (C=O) groups excluding carboxylic acids is 1. The largest absolute Gasteiger partial charge is 0.464 e. The Bertz CT molecular complexity index is 720. The Morgan fingerprint density at radius 3 is 2.39 bits per heavy atom. The predicted molar refractivity (Wildman–Crippen MR) is 89.3 cm³/mol. The third-order valence-corrected chi connectivity index (χ3v) is 3.72. The summed E-state index contributed by atoms with van der Waals surface area (Å²) in [6.07, 6.45) is 1.41. The van der Waals surface area contributed by atoms with Gasteiger partial charge in [-0.15, -0.1) is 0 Å². The van der Waals surface area contributed by atoms with E-state index >= 15 is 0 Å². The fraction of sp³-hybridized carbons (Fsp3) is 0.389. The molecule has 0 unspecified atom stereocenters. The SMILES string of the molecule is CCOC(=O)[C@@H](CC)n1nc(-c2ccc(CC)cc2)ccc1=O. The second-order valence-corrected chi connectivity index (χ2v) is 5.23. The molecule has 0 aliphatic rings. The lowest BCUT2D eigenvalue weighted by Crippen LogP contribution is -2.32. The number of hydrogen-bond acceptors (Lipinski definition) is 4. The van der Waals surface area contributed by atoms with Gasteiger partial charge in [-0.05, 0) is 31.4 Å². The van der Waals surface area contributed by atoms with Gasteiger partial charge in [-0.25, -0.2) is 9.48 Å². The molecule has 0 saturated heterocycles. The van der Waals surface area contributed by atoms with Crippen LogP contribution in [0.25, 0.3) is 11.3 Å². The highest BCUT2D eigenvalue weighted by atomic mass is 16.5. The Balaban J connectivity index is 2.41. The van der Waals surface area contributed by atoms with Crippen LogP contribution >= 0.6 is 0 Å². The number of nitrogens with zero attached hydrogens (tertiary/aromatic N) is 2. The minimum atomic E-state index is -0.697. The molecule has 2 aromatic rings. The first kappa shape index (κ1) is 16.9. The molecule has 1 aromatic carbocycles. The summed E-state index contributed by atoms with van der Waals surface area (Å²) in [5.41, 5.74) is 2.50. The van der Waals surface area contributed by atoms with Crippen molar-refractivity contribution in [2.24, 2.45) is 0 Å². The van der Waals surface area contributed by atoms with E-state index in [1.165, 1.54) is 16.3 Å². The summed E-state index contributed by atoms with van der Waals surface area (Å²) in [5.74, 6) is -0.428. The highest BCUT2D eigenvalue weighted by Gasteiger charge is 2.22. The molecule has 0 spiro atoms. The average Bonchev–Trinajstić information content (AvgIpc) is 2.57. The molecule has 0 aliphatic heterocycles. The predicted octanol–water partition coefficient (Wildman–Crippen LogP) is 2.99. The first-order valence-corrected chi connectivity index (χ1v) is 7.96. The molecule has 0 amide bonds. The Hall–Kier alpha value is -2.43. The van der Waals surface area contributed by atoms with Gasteiger partial charge in [0.2, 0.25) is 0 Å². The summed E-state index contributed by atoms with van der Waals surface area (Å²) >= 11 is 0. The molecule has 1 heterocycles. The molecule has 0 radical (unpaired) electrons. The molecule has 5 heteroatoms. The number of aromatic nitrogens is 2. The topological polar surface area (TPSA) is 61.2 Å². The summed E-state index contributed by atoms with van der Waals surface area (Å²) < 4.78 is 6.26. The number of esters is 1. The van der Waals surface area contributed by atoms with Crippen molar-refractivity contribution in [2.45, 2.75) is 39.7 Å². The average molecular weight is 314 g/mol. The van der Waals surface area contributed by atoms with Crippen LogP contribution in [0.15, 0.2) is 41.2 Å². The van der Waals surface area contributed by atoms with E-state index in [1.54, 1.807) is 13.0 Å². The Labute approximate surface area is 135 Å². The molecule has 0 N–H and O–H groups in total. The van der Waals surface area contributed by atoms with Gasteiger partial charge in [0, 0.05) is 11.6 Å². The van der Waals surface area contributed by atoms with E-state index in [9.17, 15) is 9.59 Å². The minimum Gasteiger partial charge on any atom is -0.464 e. The number of carbonyl (C=O) groups is 1. The van der Waals surface area contributed by atoms with Crippen molar-refractivity contribution in [3.8, 4) is 11.3 Å². The summed E-state index contributed by atoms with van der Waals surface area (Å²) in [4.78, 5) is 24.1. The third kappa shape index (κ3) is 3.86. The van der Waals surface area contributed by atoms with E-state index in [4.69, 9.17) is 4.74 Å². The Morgan fingerprint density at radius 2 is 1.83 bits per heavy atom. The zero-order chi connectivity index (χ0) is 16.8. The van der Waals surface area contributed by atoms with Crippen molar-refractivity contribution in [1.82, 2.24) is 9.78 Å². The fourth-order valence-electron chi connectivity index (χ4n) is 2.39. The number of rotatable bonds is 6. The Morgan fingerprint density at radius 1 is 1.13 bits per heavy atom. The second kappa shape index (κ2) is 7.72. The van der Waals surface area contributed by atoms with E-state index in [0.717, 1.165) is 12.0 Å². The zero-order valence-corrected chi connectivity index (χ0v) is 13.8. The normalized spacial score (nSPS) is 12.0. The van der Waals surface area contributed by atoms with Gasteiger partial charge >= 0.3 is 5.97 Å². The first-order valence-electron chi connectivity index (χ1n) is 7.96. The molecule has 0 fully saturated rings. The number of hydrogen-bond donors (Lipinski definition) is 0. The van der Waals surface area contributed by atoms with Gasteiger partial charge in [0.25, 0.3) is 5.56 Å². The van der Waals surface area contributed by atoms with Gasteiger partial charge < -0.3 is 4.74 Å². The van der Waals surface area contributed by atoms with Gasteiger partial charge in [-0.1, -0.05) is 38.1 Å². The van der Waals surface area contributed by atoms with E-state index in [2.05, 4.69) is 12.0 Å². The highest BCUT2D eigenvalue weighted by molar-refractivity contribution is 5.74. The molecule has 5 nitrogen and oxygen atoms in total. The molecule has 122 valence electrons. The third-order valence-electron chi connectivity index (χ3n) is 3.72. The lowest BCUT2D eigenvalue weighted by molar-refractivity contribution is -0.147. The van der Waals surface area contributed by atoms with Crippen molar-refractivity contribution >= 4 is 5.97 Å². The van der Waals surface area contributed by atoms with Crippen molar-refractivity contribution in [3.05, 3.63) is 52.3 Å². The fourth-order valence-corrected chi connectivity index (χ4v) is 2.39. The van der Waals surface area contributed by atoms with Crippen molar-refractivity contribution in [2.75, 3.05) is 6.61 Å². The maximum atomic E-state index is 12.1. The molecular formula is C18H22N2O3. The van der Waals surface area contributed by atoms with Crippen LogP contribution in [0, 0.1) is 0 Å². The van der Waals surface area contributed by atoms with Gasteiger partial charge in [0.05, 0.1) is 12.3 Å². The maximum Gasteiger partial charge on any atom is 0.331 e. The molecule has 1 aromatic heterocycles. The smallest absolute Gasteiger partial charge is 0.331 e. The number of benzene rings is 1. The van der Waals surface area contributed by atoms with Gasteiger partial charge in [-0.3, -0.25) is 4.79 Å². The van der Waals surface area contributed by atoms with Gasteiger partial charge in [-0.2, -0.15) is 5.10 Å². The van der Waals surface area contributed by atoms with Crippen LogP contribution in [-0.2, 0) is 16.0 Å². The molecule has 23 heavy (non-hydrogen) atoms. The van der Waals surface area contributed by atoms with Crippen LogP contribution in [-0.4, -0.2) is 22.4 Å². The highest BCUT2D eigenvalue weighted by Crippen LogP contribution is 2.18. The van der Waals surface area contributed by atoms with Crippen molar-refractivity contribution in [1.29, 1.82) is 0 Å². The number of aryl methyl sites for hydroxylation is 1. The van der Waals surface area contributed by atoms with Crippen molar-refractivity contribution in [3.63, 3.8) is 0 Å². The van der Waals surface area contributed by atoms with Gasteiger partial charge in [0.15, 0.2) is 6.04 Å². The monoisotopic (exact) mass is 314 g/mol. The standard InChI is InChI=1S/C18H22N2O3/c1-4-13-7-9-14(10-8-13)15-11-12-17(21)20(19-15)16(5-2)18(22)23-6-3/h7-12,16H,4-6H2,1-3H3/t16-/m1/s1. The van der Waals surface area contributed by atoms with Crippen LogP contribution in [0.2, 0.25) is 0 Å². The zero-order valence-electron chi connectivity index (χ0n) is 13.8. The van der Waals surface area contributed by atoms with E-state index in [1.807, 2.05) is 31.2 Å². The first-order chi connectivity index (χ1) is 11.1. The number of ether oxygens (including phenoxy) is 1. The van der Waals surface area contributed by atoms with Crippen LogP contribution in [0.4, 0.5) is 0 Å². The van der Waals surface area contributed by atoms with Crippen molar-refractivity contribution < 1.29 is 9.53 Å². The van der Waals surface area contributed by atoms with Crippen LogP contribution in [0.5, 0.6) is 0 Å². The van der Waals surface area contributed by atoms with E-state index < -0.39 is 12.0 Å². The van der Waals surface area contributed by atoms with Crippen LogP contribution in [0.1, 0.15) is 38.8 Å². The summed E-state index contributed by atoms with van der Waals surface area (Å²) in [5, 5.41) is 4.38. The van der Waals surface area contributed by atoms with E-state index in [0.29, 0.717) is 12.1 Å². The van der Waals surface area contributed by atoms with Gasteiger partial charge in [0.1, 0.15) is 0 Å². The molecule has 2 rings (SSSR count). The van der Waals surface area contributed by atoms with E-state index in [-0.39, 0.29) is 12.2 Å². The Kier molecular flexibility index (Phi) is 5.68. The maximum absolute atomic E-state index is 12.1. The molecule has 0 bridgehead atoms.